The molecular weight excluding hydrogens is 444 g/mol. The highest BCUT2D eigenvalue weighted by molar-refractivity contribution is 6.40. The smallest absolute Gasteiger partial charge is 0.314 e. The van der Waals surface area contributed by atoms with Gasteiger partial charge >= 0.3 is 11.8 Å². The molecule has 4 N–H and O–H groups in total. The van der Waals surface area contributed by atoms with Gasteiger partial charge in [-0.2, -0.15) is 5.10 Å². The average molecular weight is 477 g/mol. The van der Waals surface area contributed by atoms with Crippen LogP contribution in [0.4, 0.5) is 11.4 Å². The molecule has 0 aliphatic carbocycles. The second kappa shape index (κ2) is 10.2. The molecule has 0 radical (unpaired) electrons. The first-order valence-corrected chi connectivity index (χ1v) is 11.7. The second-order valence-corrected chi connectivity index (χ2v) is 9.46. The van der Waals surface area contributed by atoms with Crippen LogP contribution >= 0.6 is 0 Å². The molecule has 3 aromatic rings. The highest BCUT2D eigenvalue weighted by atomic mass is 16.2. The van der Waals surface area contributed by atoms with Gasteiger partial charge in [0, 0.05) is 42.6 Å². The zero-order valence-corrected chi connectivity index (χ0v) is 20.4. The normalized spacial score (nSPS) is 18.1. The molecule has 1 fully saturated rings. The molecule has 4 rings (SSSR count). The van der Waals surface area contributed by atoms with Crippen LogP contribution in [0, 0.1) is 11.3 Å². The summed E-state index contributed by atoms with van der Waals surface area (Å²) >= 11 is 0. The van der Waals surface area contributed by atoms with Gasteiger partial charge in [-0.1, -0.05) is 19.1 Å². The van der Waals surface area contributed by atoms with E-state index in [1.54, 1.807) is 4.90 Å². The zero-order valence-electron chi connectivity index (χ0n) is 20.4. The van der Waals surface area contributed by atoms with E-state index in [0.29, 0.717) is 12.1 Å². The molecule has 35 heavy (non-hydrogen) atoms. The molecule has 0 bridgehead atoms. The molecule has 0 unspecified atom stereocenters. The van der Waals surface area contributed by atoms with Gasteiger partial charge in [-0.3, -0.25) is 19.3 Å². The summed E-state index contributed by atoms with van der Waals surface area (Å²) in [4.78, 5) is 34.0. The lowest BCUT2D eigenvalue weighted by Crippen LogP contribution is -2.46. The van der Waals surface area contributed by atoms with E-state index < -0.39 is 11.8 Å². The van der Waals surface area contributed by atoms with Gasteiger partial charge in [0.15, 0.2) is 0 Å². The van der Waals surface area contributed by atoms with E-state index in [9.17, 15) is 9.59 Å². The van der Waals surface area contributed by atoms with E-state index in [0.717, 1.165) is 48.6 Å². The first-order chi connectivity index (χ1) is 16.8. The van der Waals surface area contributed by atoms with E-state index in [-0.39, 0.29) is 23.3 Å². The molecule has 1 aliphatic heterocycles. The van der Waals surface area contributed by atoms with Gasteiger partial charge in [0.2, 0.25) is 0 Å². The summed E-state index contributed by atoms with van der Waals surface area (Å²) in [7, 11) is 4.06. The molecule has 184 valence electrons. The number of hydrogen-bond acceptors (Lipinski definition) is 7. The molecule has 10 nitrogen and oxygen atoms in total. The molecule has 2 atom stereocenters. The van der Waals surface area contributed by atoms with Crippen molar-refractivity contribution in [3.05, 3.63) is 47.9 Å². The monoisotopic (exact) mass is 476 g/mol. The molecule has 2 aromatic heterocycles. The Morgan fingerprint density at radius 2 is 2.09 bits per heavy atom. The number of nitrogen functional groups attached to an aromatic ring is 1. The van der Waals surface area contributed by atoms with Crippen molar-refractivity contribution in [2.45, 2.75) is 32.4 Å². The van der Waals surface area contributed by atoms with Crippen molar-refractivity contribution in [1.82, 2.24) is 24.6 Å². The van der Waals surface area contributed by atoms with Crippen molar-refractivity contribution in [1.29, 1.82) is 5.41 Å². The van der Waals surface area contributed by atoms with Crippen LogP contribution in [0.2, 0.25) is 0 Å². The number of rotatable bonds is 6. The quantitative estimate of drug-likeness (QED) is 0.370. The van der Waals surface area contributed by atoms with Crippen LogP contribution in [0.3, 0.4) is 0 Å². The van der Waals surface area contributed by atoms with Crippen LogP contribution in [0.1, 0.15) is 36.9 Å². The SMILES string of the molecule is C[C@H]1CC[C@H](c2ccc3cn(CCN(C)C)nc3c2)N(C(=O)C(=O)Nc2cncc(C=N)c2N)C1. The van der Waals surface area contributed by atoms with Crippen LogP contribution in [-0.4, -0.2) is 69.8 Å². The number of pyridine rings is 1. The topological polar surface area (TPSA) is 133 Å². The molecule has 10 heteroatoms. The van der Waals surface area contributed by atoms with E-state index in [4.69, 9.17) is 16.2 Å². The minimum atomic E-state index is -0.770. The molecule has 1 saturated heterocycles. The van der Waals surface area contributed by atoms with Crippen LogP contribution in [0.25, 0.3) is 10.9 Å². The van der Waals surface area contributed by atoms with Gasteiger partial charge in [0.1, 0.15) is 0 Å². The molecule has 0 spiro atoms. The Balaban J connectivity index is 1.56. The number of nitrogens with two attached hydrogens (primary N) is 1. The van der Waals surface area contributed by atoms with Gasteiger partial charge < -0.3 is 26.3 Å². The van der Waals surface area contributed by atoms with Crippen molar-refractivity contribution < 1.29 is 9.59 Å². The standard InChI is InChI=1S/C25H32N8O2/c1-16-4-7-22(17-5-6-18-15-32(9-8-31(2)3)30-20(18)10-17)33(14-16)25(35)24(34)29-21-13-28-12-19(11-26)23(21)27/h5-6,10-13,15-16,22,26H,4,7-9,14H2,1-3H3,(H2,27,28)(H,29,34)/t16-,22+/m0/s1. The number of piperidine rings is 1. The summed E-state index contributed by atoms with van der Waals surface area (Å²) < 4.78 is 1.94. The van der Waals surface area contributed by atoms with Gasteiger partial charge in [0.25, 0.3) is 0 Å². The molecule has 0 saturated carbocycles. The van der Waals surface area contributed by atoms with Crippen molar-refractivity contribution in [2.24, 2.45) is 5.92 Å². The Kier molecular flexibility index (Phi) is 7.11. The van der Waals surface area contributed by atoms with E-state index in [2.05, 4.69) is 22.1 Å². The summed E-state index contributed by atoms with van der Waals surface area (Å²) in [6, 6.07) is 5.86. The van der Waals surface area contributed by atoms with Gasteiger partial charge in [-0.05, 0) is 44.5 Å². The predicted octanol–water partition coefficient (Wildman–Crippen LogP) is 2.51. The first kappa shape index (κ1) is 24.3. The van der Waals surface area contributed by atoms with E-state index in [1.807, 2.05) is 43.2 Å². The Labute approximate surface area is 204 Å². The Bertz CT molecular complexity index is 1250. The lowest BCUT2D eigenvalue weighted by molar-refractivity contribution is -0.146. The summed E-state index contributed by atoms with van der Waals surface area (Å²) in [6.07, 6.45) is 7.62. The summed E-state index contributed by atoms with van der Waals surface area (Å²) in [5.74, 6) is -1.10. The summed E-state index contributed by atoms with van der Waals surface area (Å²) in [6.45, 7) is 4.25. The second-order valence-electron chi connectivity index (χ2n) is 9.46. The van der Waals surface area contributed by atoms with E-state index >= 15 is 0 Å². The molecular formula is C25H32N8O2. The Morgan fingerprint density at radius 1 is 1.29 bits per heavy atom. The molecule has 1 aromatic carbocycles. The Morgan fingerprint density at radius 3 is 2.83 bits per heavy atom. The van der Waals surface area contributed by atoms with Crippen molar-refractivity contribution in [3.8, 4) is 0 Å². The van der Waals surface area contributed by atoms with Gasteiger partial charge in [-0.25, -0.2) is 0 Å². The number of carbonyl (C=O) groups is 2. The number of amides is 2. The number of fused-ring (bicyclic) bond motifs is 1. The fourth-order valence-electron chi connectivity index (χ4n) is 4.44. The fraction of sp³-hybridized carbons (Fsp3) is 0.400. The van der Waals surface area contributed by atoms with Gasteiger partial charge in [-0.15, -0.1) is 0 Å². The third-order valence-electron chi connectivity index (χ3n) is 6.43. The van der Waals surface area contributed by atoms with Crippen LogP contribution < -0.4 is 11.1 Å². The summed E-state index contributed by atoms with van der Waals surface area (Å²) in [5, 5.41) is 15.7. The van der Waals surface area contributed by atoms with Crippen LogP contribution in [0.5, 0.6) is 0 Å². The number of anilines is 2. The third-order valence-corrected chi connectivity index (χ3v) is 6.43. The number of aromatic nitrogens is 3. The Hall–Kier alpha value is -3.79. The summed E-state index contributed by atoms with van der Waals surface area (Å²) in [5.41, 5.74) is 8.65. The van der Waals surface area contributed by atoms with Crippen molar-refractivity contribution in [3.63, 3.8) is 0 Å². The number of nitrogens with one attached hydrogen (secondary N) is 2. The van der Waals surface area contributed by atoms with Crippen LogP contribution in [0.15, 0.2) is 36.8 Å². The lowest BCUT2D eigenvalue weighted by Gasteiger charge is -2.38. The van der Waals surface area contributed by atoms with E-state index in [1.165, 1.54) is 12.4 Å². The zero-order chi connectivity index (χ0) is 25.1. The average Bonchev–Trinajstić information content (AvgIpc) is 3.25. The molecule has 1 aliphatic rings. The number of likely N-dealkylation sites (N-methyl/N-ethyl adjacent to an activating group) is 1. The lowest BCUT2D eigenvalue weighted by atomic mass is 9.89. The van der Waals surface area contributed by atoms with Crippen LogP contribution in [-0.2, 0) is 16.1 Å². The maximum Gasteiger partial charge on any atom is 0.314 e. The largest absolute Gasteiger partial charge is 0.396 e. The molecule has 2 amide bonds. The van der Waals surface area contributed by atoms with Crippen molar-refractivity contribution >= 4 is 40.3 Å². The number of likely N-dealkylation sites (tertiary alicyclic amines) is 1. The number of benzene rings is 1. The number of hydrogen-bond donors (Lipinski definition) is 3. The first-order valence-electron chi connectivity index (χ1n) is 11.7. The highest BCUT2D eigenvalue weighted by Crippen LogP contribution is 2.35. The maximum absolute atomic E-state index is 13.3. The third kappa shape index (κ3) is 5.32. The number of nitrogens with zero attached hydrogens (tertiary/aromatic N) is 5. The fourth-order valence-corrected chi connectivity index (χ4v) is 4.44. The number of carbonyl (C=O) groups excluding carboxylic acids is 2. The minimum absolute atomic E-state index is 0.204. The maximum atomic E-state index is 13.3. The minimum Gasteiger partial charge on any atom is -0.396 e. The highest BCUT2D eigenvalue weighted by Gasteiger charge is 2.34. The predicted molar refractivity (Wildman–Crippen MR) is 136 cm³/mol. The molecule has 3 heterocycles. The van der Waals surface area contributed by atoms with Crippen molar-refractivity contribution in [2.75, 3.05) is 38.2 Å². The van der Waals surface area contributed by atoms with Gasteiger partial charge in [0.05, 0.1) is 35.7 Å².